The summed E-state index contributed by atoms with van der Waals surface area (Å²) in [6.45, 7) is 10.6. The first-order valence-corrected chi connectivity index (χ1v) is 6.64. The molecule has 1 fully saturated rings. The van der Waals surface area contributed by atoms with E-state index in [9.17, 15) is 0 Å². The van der Waals surface area contributed by atoms with Crippen LogP contribution in [0.15, 0.2) is 0 Å². The second-order valence-corrected chi connectivity index (χ2v) is 5.34. The molecule has 0 aliphatic heterocycles. The lowest BCUT2D eigenvalue weighted by Gasteiger charge is -2.25. The first-order chi connectivity index (χ1) is 8.04. The highest BCUT2D eigenvalue weighted by atomic mass is 15.4. The lowest BCUT2D eigenvalue weighted by atomic mass is 10.3. The molecule has 0 saturated heterocycles. The zero-order valence-electron chi connectivity index (χ0n) is 11.4. The Balaban J connectivity index is 2.32. The van der Waals surface area contributed by atoms with Crippen LogP contribution in [0.25, 0.3) is 0 Å². The van der Waals surface area contributed by atoms with E-state index in [2.05, 4.69) is 35.5 Å². The Kier molecular flexibility index (Phi) is 3.31. The van der Waals surface area contributed by atoms with Crippen LogP contribution in [0.5, 0.6) is 0 Å². The van der Waals surface area contributed by atoms with E-state index < -0.39 is 0 Å². The van der Waals surface area contributed by atoms with Crippen LogP contribution in [-0.4, -0.2) is 22.9 Å². The number of aromatic nitrogens is 2. The molecular formula is C13H24N4. The summed E-state index contributed by atoms with van der Waals surface area (Å²) in [6, 6.07) is 0.356. The van der Waals surface area contributed by atoms with Crippen molar-refractivity contribution in [3.8, 4) is 0 Å². The van der Waals surface area contributed by atoms with Crippen molar-refractivity contribution in [2.24, 2.45) is 5.92 Å². The van der Waals surface area contributed by atoms with Crippen LogP contribution in [0.3, 0.4) is 0 Å². The minimum Gasteiger partial charge on any atom is -0.394 e. The van der Waals surface area contributed by atoms with Gasteiger partial charge in [0.1, 0.15) is 0 Å². The summed E-state index contributed by atoms with van der Waals surface area (Å²) < 4.78 is 2.07. The third-order valence-corrected chi connectivity index (χ3v) is 3.45. The van der Waals surface area contributed by atoms with Gasteiger partial charge in [0, 0.05) is 19.1 Å². The number of nitrogens with two attached hydrogens (primary N) is 1. The average molecular weight is 236 g/mol. The number of nitrogens with zero attached hydrogens (tertiary/aromatic N) is 3. The second-order valence-electron chi connectivity index (χ2n) is 5.34. The van der Waals surface area contributed by atoms with E-state index in [-0.39, 0.29) is 0 Å². The number of aryl methyl sites for hydroxylation is 1. The van der Waals surface area contributed by atoms with Gasteiger partial charge in [0.25, 0.3) is 0 Å². The van der Waals surface area contributed by atoms with Gasteiger partial charge in [-0.3, -0.25) is 0 Å². The monoisotopic (exact) mass is 236 g/mol. The minimum atomic E-state index is 0.356. The molecule has 0 amide bonds. The molecule has 96 valence electrons. The van der Waals surface area contributed by atoms with Crippen LogP contribution in [0.2, 0.25) is 0 Å². The molecule has 2 rings (SSSR count). The first-order valence-electron chi connectivity index (χ1n) is 6.64. The van der Waals surface area contributed by atoms with Crippen molar-refractivity contribution in [2.45, 2.75) is 46.6 Å². The van der Waals surface area contributed by atoms with Crippen LogP contribution >= 0.6 is 0 Å². The van der Waals surface area contributed by atoms with Gasteiger partial charge in [0.2, 0.25) is 0 Å². The highest BCUT2D eigenvalue weighted by Gasteiger charge is 2.27. The molecule has 0 aromatic carbocycles. The van der Waals surface area contributed by atoms with Crippen molar-refractivity contribution in [3.63, 3.8) is 0 Å². The molecule has 2 N–H and O–H groups in total. The fourth-order valence-electron chi connectivity index (χ4n) is 2.20. The number of hydrogen-bond acceptors (Lipinski definition) is 3. The summed E-state index contributed by atoms with van der Waals surface area (Å²) in [5, 5.41) is 4.56. The molecule has 0 bridgehead atoms. The Bertz CT molecular complexity index is 390. The summed E-state index contributed by atoms with van der Waals surface area (Å²) in [7, 11) is 0. The predicted molar refractivity (Wildman–Crippen MR) is 72.4 cm³/mol. The molecule has 4 nitrogen and oxygen atoms in total. The van der Waals surface area contributed by atoms with Crippen LogP contribution in [-0.2, 0) is 0 Å². The molecular weight excluding hydrogens is 212 g/mol. The Morgan fingerprint density at radius 2 is 2.12 bits per heavy atom. The SMILES string of the molecule is CCN(CC1CC1)c1c(N)c(C)nn1C(C)C. The zero-order chi connectivity index (χ0) is 12.6. The van der Waals surface area contributed by atoms with E-state index >= 15 is 0 Å². The topological polar surface area (TPSA) is 47.1 Å². The van der Waals surface area contributed by atoms with Crippen LogP contribution in [0, 0.1) is 12.8 Å². The van der Waals surface area contributed by atoms with Crippen molar-refractivity contribution in [1.82, 2.24) is 9.78 Å². The lowest BCUT2D eigenvalue weighted by Crippen LogP contribution is -2.29. The molecule has 1 aliphatic rings. The van der Waals surface area contributed by atoms with E-state index in [1.165, 1.54) is 12.8 Å². The van der Waals surface area contributed by atoms with Gasteiger partial charge < -0.3 is 10.6 Å². The standard InChI is InChI=1S/C13H24N4/c1-5-16(8-11-6-7-11)13-12(14)10(4)15-17(13)9(2)3/h9,11H,5-8,14H2,1-4H3. The van der Waals surface area contributed by atoms with Gasteiger partial charge >= 0.3 is 0 Å². The van der Waals surface area contributed by atoms with E-state index in [1.807, 2.05) is 6.92 Å². The van der Waals surface area contributed by atoms with Gasteiger partial charge in [-0.1, -0.05) is 0 Å². The maximum Gasteiger partial charge on any atom is 0.150 e. The van der Waals surface area contributed by atoms with Crippen molar-refractivity contribution >= 4 is 11.5 Å². The van der Waals surface area contributed by atoms with Gasteiger partial charge in [0.15, 0.2) is 5.82 Å². The molecule has 17 heavy (non-hydrogen) atoms. The van der Waals surface area contributed by atoms with Gasteiger partial charge in [-0.25, -0.2) is 4.68 Å². The van der Waals surface area contributed by atoms with E-state index in [0.717, 1.165) is 36.2 Å². The average Bonchev–Trinajstić information content (AvgIpc) is 3.04. The van der Waals surface area contributed by atoms with E-state index in [0.29, 0.717) is 6.04 Å². The molecule has 4 heteroatoms. The first kappa shape index (κ1) is 12.3. The Morgan fingerprint density at radius 1 is 1.47 bits per heavy atom. The number of hydrogen-bond donors (Lipinski definition) is 1. The molecule has 1 aromatic rings. The smallest absolute Gasteiger partial charge is 0.150 e. The lowest BCUT2D eigenvalue weighted by molar-refractivity contribution is 0.520. The number of nitrogen functional groups attached to an aromatic ring is 1. The summed E-state index contributed by atoms with van der Waals surface area (Å²) in [4.78, 5) is 2.38. The van der Waals surface area contributed by atoms with Crippen molar-refractivity contribution in [3.05, 3.63) is 5.69 Å². The fourth-order valence-corrected chi connectivity index (χ4v) is 2.20. The Labute approximate surface area is 104 Å². The van der Waals surface area contributed by atoms with Crippen molar-refractivity contribution < 1.29 is 0 Å². The van der Waals surface area contributed by atoms with Crippen molar-refractivity contribution in [2.75, 3.05) is 23.7 Å². The number of rotatable bonds is 5. The number of anilines is 2. The predicted octanol–water partition coefficient (Wildman–Crippen LogP) is 2.59. The van der Waals surface area contributed by atoms with Crippen LogP contribution in [0.1, 0.15) is 45.3 Å². The van der Waals surface area contributed by atoms with Gasteiger partial charge in [-0.05, 0) is 46.5 Å². The molecule has 0 radical (unpaired) electrons. The molecule has 1 saturated carbocycles. The van der Waals surface area contributed by atoms with Crippen molar-refractivity contribution in [1.29, 1.82) is 0 Å². The molecule has 1 aromatic heterocycles. The van der Waals surface area contributed by atoms with E-state index in [4.69, 9.17) is 5.73 Å². The summed E-state index contributed by atoms with van der Waals surface area (Å²) >= 11 is 0. The Morgan fingerprint density at radius 3 is 2.59 bits per heavy atom. The van der Waals surface area contributed by atoms with Gasteiger partial charge in [0.05, 0.1) is 11.4 Å². The summed E-state index contributed by atoms with van der Waals surface area (Å²) in [5.74, 6) is 1.98. The third-order valence-electron chi connectivity index (χ3n) is 3.45. The van der Waals surface area contributed by atoms with Crippen LogP contribution in [0.4, 0.5) is 11.5 Å². The molecule has 0 spiro atoms. The maximum absolute atomic E-state index is 6.19. The highest BCUT2D eigenvalue weighted by molar-refractivity contribution is 5.66. The maximum atomic E-state index is 6.19. The molecule has 1 aliphatic carbocycles. The molecule has 1 heterocycles. The normalized spacial score (nSPS) is 15.6. The molecule has 0 unspecified atom stereocenters. The Hall–Kier alpha value is -1.19. The zero-order valence-corrected chi connectivity index (χ0v) is 11.4. The van der Waals surface area contributed by atoms with Crippen LogP contribution < -0.4 is 10.6 Å². The fraction of sp³-hybridized carbons (Fsp3) is 0.769. The quantitative estimate of drug-likeness (QED) is 0.854. The molecule has 0 atom stereocenters. The highest BCUT2D eigenvalue weighted by Crippen LogP contribution is 2.35. The summed E-state index contributed by atoms with van der Waals surface area (Å²) in [5.41, 5.74) is 7.98. The largest absolute Gasteiger partial charge is 0.394 e. The van der Waals surface area contributed by atoms with E-state index in [1.54, 1.807) is 0 Å². The third kappa shape index (κ3) is 2.40. The van der Waals surface area contributed by atoms with Gasteiger partial charge in [-0.15, -0.1) is 0 Å². The summed E-state index contributed by atoms with van der Waals surface area (Å²) in [6.07, 6.45) is 2.73. The minimum absolute atomic E-state index is 0.356. The van der Waals surface area contributed by atoms with Gasteiger partial charge in [-0.2, -0.15) is 5.10 Å². The second kappa shape index (κ2) is 4.59.